The van der Waals surface area contributed by atoms with Crippen LogP contribution in [0.5, 0.6) is 0 Å². The molecule has 0 aromatic heterocycles. The smallest absolute Gasteiger partial charge is 0.326 e. The minimum absolute atomic E-state index is 0.0699. The van der Waals surface area contributed by atoms with Crippen LogP contribution >= 0.6 is 0 Å². The number of hydrogen-bond donors (Lipinski definition) is 4. The van der Waals surface area contributed by atoms with Gasteiger partial charge < -0.3 is 21.9 Å². The van der Waals surface area contributed by atoms with E-state index in [2.05, 4.69) is 5.32 Å². The Morgan fingerprint density at radius 1 is 1.04 bits per heavy atom. The van der Waals surface area contributed by atoms with Gasteiger partial charge in [-0.15, -0.1) is 0 Å². The normalized spacial score (nSPS) is 11.8. The molecule has 0 radical (unpaired) electrons. The van der Waals surface area contributed by atoms with Crippen LogP contribution in [0, 0.1) is 11.6 Å². The summed E-state index contributed by atoms with van der Waals surface area (Å²) in [6.45, 7) is 0. The molecule has 0 heterocycles. The molecule has 1 amide bonds. The van der Waals surface area contributed by atoms with Crippen LogP contribution in [0.3, 0.4) is 0 Å². The number of nitrogen functional groups attached to an aromatic ring is 2. The van der Waals surface area contributed by atoms with Crippen LogP contribution in [0.4, 0.5) is 20.2 Å². The van der Waals surface area contributed by atoms with Crippen LogP contribution in [-0.2, 0) is 11.2 Å². The van der Waals surface area contributed by atoms with Gasteiger partial charge in [-0.1, -0.05) is 12.1 Å². The molecular formula is C16H15F2N3O3. The van der Waals surface area contributed by atoms with E-state index in [1.54, 1.807) is 24.3 Å². The summed E-state index contributed by atoms with van der Waals surface area (Å²) in [6, 6.07) is 6.56. The third-order valence-electron chi connectivity index (χ3n) is 3.31. The first-order valence-electron chi connectivity index (χ1n) is 6.90. The Balaban J connectivity index is 2.20. The minimum Gasteiger partial charge on any atom is -0.480 e. The van der Waals surface area contributed by atoms with E-state index in [9.17, 15) is 23.5 Å². The van der Waals surface area contributed by atoms with Crippen LogP contribution < -0.4 is 16.8 Å². The summed E-state index contributed by atoms with van der Waals surface area (Å²) in [5.74, 6) is -4.84. The van der Waals surface area contributed by atoms with Crippen molar-refractivity contribution in [3.05, 3.63) is 59.2 Å². The van der Waals surface area contributed by atoms with E-state index >= 15 is 0 Å². The van der Waals surface area contributed by atoms with Crippen molar-refractivity contribution in [2.75, 3.05) is 11.5 Å². The fourth-order valence-corrected chi connectivity index (χ4v) is 2.13. The second-order valence-electron chi connectivity index (χ2n) is 5.17. The highest BCUT2D eigenvalue weighted by Crippen LogP contribution is 2.17. The van der Waals surface area contributed by atoms with E-state index < -0.39 is 35.1 Å². The number of halogens is 2. The first kappa shape index (κ1) is 17.2. The summed E-state index contributed by atoms with van der Waals surface area (Å²) in [7, 11) is 0. The number of aliphatic carboxylic acids is 1. The summed E-state index contributed by atoms with van der Waals surface area (Å²) >= 11 is 0. The van der Waals surface area contributed by atoms with Gasteiger partial charge in [0.15, 0.2) is 0 Å². The number of anilines is 2. The zero-order valence-electron chi connectivity index (χ0n) is 12.4. The number of nitrogens with two attached hydrogens (primary N) is 2. The van der Waals surface area contributed by atoms with Gasteiger partial charge in [0.25, 0.3) is 5.91 Å². The first-order chi connectivity index (χ1) is 11.3. The van der Waals surface area contributed by atoms with E-state index in [0.717, 1.165) is 12.1 Å². The highest BCUT2D eigenvalue weighted by atomic mass is 19.1. The molecule has 6 N–H and O–H groups in total. The lowest BCUT2D eigenvalue weighted by Gasteiger charge is -2.15. The molecule has 8 heteroatoms. The van der Waals surface area contributed by atoms with Gasteiger partial charge in [0.2, 0.25) is 0 Å². The number of benzene rings is 2. The molecule has 0 bridgehead atoms. The molecule has 0 aliphatic rings. The second-order valence-corrected chi connectivity index (χ2v) is 5.17. The van der Waals surface area contributed by atoms with Gasteiger partial charge in [0, 0.05) is 17.8 Å². The molecule has 24 heavy (non-hydrogen) atoms. The Bertz CT molecular complexity index is 756. The molecule has 0 spiro atoms. The number of rotatable bonds is 5. The van der Waals surface area contributed by atoms with E-state index in [-0.39, 0.29) is 12.1 Å². The lowest BCUT2D eigenvalue weighted by molar-refractivity contribution is -0.139. The van der Waals surface area contributed by atoms with Crippen molar-refractivity contribution in [1.29, 1.82) is 0 Å². The van der Waals surface area contributed by atoms with Crippen molar-refractivity contribution in [2.24, 2.45) is 0 Å². The van der Waals surface area contributed by atoms with Gasteiger partial charge in [0.1, 0.15) is 23.2 Å². The zero-order valence-corrected chi connectivity index (χ0v) is 12.4. The minimum atomic E-state index is -1.36. The number of carboxylic acids is 1. The van der Waals surface area contributed by atoms with Crippen molar-refractivity contribution in [3.8, 4) is 0 Å². The standard InChI is InChI=1S/C16H15F2N3O3/c17-11-6-10(20)7-12(18)14(11)15(22)21-13(16(23)24)5-8-1-3-9(19)4-2-8/h1-4,6-7,13H,5,19-20H2,(H,21,22)(H,23,24)/t13-/m0/s1. The average molecular weight is 335 g/mol. The Morgan fingerprint density at radius 2 is 1.58 bits per heavy atom. The van der Waals surface area contributed by atoms with Gasteiger partial charge in [-0.25, -0.2) is 13.6 Å². The molecule has 0 saturated carbocycles. The number of carbonyl (C=O) groups excluding carboxylic acids is 1. The summed E-state index contributed by atoms with van der Waals surface area (Å²) in [5, 5.41) is 11.3. The third-order valence-corrected chi connectivity index (χ3v) is 3.31. The van der Waals surface area contributed by atoms with Crippen LogP contribution in [0.15, 0.2) is 36.4 Å². The Morgan fingerprint density at radius 3 is 2.08 bits per heavy atom. The first-order valence-corrected chi connectivity index (χ1v) is 6.90. The maximum atomic E-state index is 13.7. The summed E-state index contributed by atoms with van der Waals surface area (Å²) in [5.41, 5.74) is 10.8. The van der Waals surface area contributed by atoms with Crippen LogP contribution in [0.2, 0.25) is 0 Å². The third kappa shape index (κ3) is 3.97. The molecule has 2 aromatic rings. The lowest BCUT2D eigenvalue weighted by atomic mass is 10.0. The molecular weight excluding hydrogens is 320 g/mol. The Labute approximate surface area is 136 Å². The predicted molar refractivity (Wildman–Crippen MR) is 84.2 cm³/mol. The summed E-state index contributed by atoms with van der Waals surface area (Å²) < 4.78 is 27.5. The van der Waals surface area contributed by atoms with Crippen LogP contribution in [-0.4, -0.2) is 23.0 Å². The van der Waals surface area contributed by atoms with Gasteiger partial charge in [-0.2, -0.15) is 0 Å². The van der Waals surface area contributed by atoms with E-state index in [0.29, 0.717) is 11.3 Å². The molecule has 2 aromatic carbocycles. The molecule has 0 fully saturated rings. The van der Waals surface area contributed by atoms with Gasteiger partial charge in [0.05, 0.1) is 0 Å². The molecule has 0 aliphatic carbocycles. The number of carbonyl (C=O) groups is 2. The Hall–Kier alpha value is -3.16. The molecule has 2 rings (SSSR count). The largest absolute Gasteiger partial charge is 0.480 e. The number of nitrogens with one attached hydrogen (secondary N) is 1. The monoisotopic (exact) mass is 335 g/mol. The lowest BCUT2D eigenvalue weighted by Crippen LogP contribution is -2.43. The predicted octanol–water partition coefficient (Wildman–Crippen LogP) is 1.55. The fraction of sp³-hybridized carbons (Fsp3) is 0.125. The molecule has 0 aliphatic heterocycles. The van der Waals surface area contributed by atoms with Crippen molar-refractivity contribution >= 4 is 23.3 Å². The van der Waals surface area contributed by atoms with E-state index in [1.807, 2.05) is 0 Å². The highest BCUT2D eigenvalue weighted by Gasteiger charge is 2.25. The van der Waals surface area contributed by atoms with Crippen LogP contribution in [0.1, 0.15) is 15.9 Å². The van der Waals surface area contributed by atoms with Crippen LogP contribution in [0.25, 0.3) is 0 Å². The van der Waals surface area contributed by atoms with Gasteiger partial charge in [-0.05, 0) is 29.8 Å². The van der Waals surface area contributed by atoms with Crippen molar-refractivity contribution in [2.45, 2.75) is 12.5 Å². The van der Waals surface area contributed by atoms with Crippen molar-refractivity contribution in [1.82, 2.24) is 5.32 Å². The summed E-state index contributed by atoms with van der Waals surface area (Å²) in [4.78, 5) is 23.4. The number of carboxylic acid groups (broad SMARTS) is 1. The Kier molecular flexibility index (Phi) is 4.98. The highest BCUT2D eigenvalue weighted by molar-refractivity contribution is 5.97. The van der Waals surface area contributed by atoms with Gasteiger partial charge >= 0.3 is 5.97 Å². The molecule has 0 saturated heterocycles. The van der Waals surface area contributed by atoms with Crippen molar-refractivity contribution in [3.63, 3.8) is 0 Å². The maximum Gasteiger partial charge on any atom is 0.326 e. The fourth-order valence-electron chi connectivity index (χ4n) is 2.13. The van der Waals surface area contributed by atoms with E-state index in [4.69, 9.17) is 11.5 Å². The topological polar surface area (TPSA) is 118 Å². The van der Waals surface area contributed by atoms with Crippen molar-refractivity contribution < 1.29 is 23.5 Å². The number of amides is 1. The quantitative estimate of drug-likeness (QED) is 0.618. The number of hydrogen-bond acceptors (Lipinski definition) is 4. The summed E-state index contributed by atoms with van der Waals surface area (Å²) in [6.07, 6.45) is -0.0699. The zero-order chi connectivity index (χ0) is 17.9. The molecule has 6 nitrogen and oxygen atoms in total. The van der Waals surface area contributed by atoms with Gasteiger partial charge in [-0.3, -0.25) is 4.79 Å². The molecule has 126 valence electrons. The average Bonchev–Trinajstić information content (AvgIpc) is 2.47. The molecule has 0 unspecified atom stereocenters. The molecule has 1 atom stereocenters. The maximum absolute atomic E-state index is 13.7. The second kappa shape index (κ2) is 6.95. The van der Waals surface area contributed by atoms with E-state index in [1.165, 1.54) is 0 Å². The SMILES string of the molecule is Nc1ccc(C[C@H](NC(=O)c2c(F)cc(N)cc2F)C(=O)O)cc1.